The number of rotatable bonds is 8. The van der Waals surface area contributed by atoms with E-state index in [4.69, 9.17) is 16.3 Å². The lowest BCUT2D eigenvalue weighted by atomic mass is 9.49. The van der Waals surface area contributed by atoms with Crippen LogP contribution in [0.3, 0.4) is 0 Å². The van der Waals surface area contributed by atoms with Gasteiger partial charge in [0.1, 0.15) is 0 Å². The molecule has 2 aromatic rings. The highest BCUT2D eigenvalue weighted by molar-refractivity contribution is 6.30. The summed E-state index contributed by atoms with van der Waals surface area (Å²) in [6, 6.07) is 12.2. The summed E-state index contributed by atoms with van der Waals surface area (Å²) in [5, 5.41) is 0.755. The summed E-state index contributed by atoms with van der Waals surface area (Å²) in [5.74, 6) is 2.68. The van der Waals surface area contributed by atoms with Crippen LogP contribution in [0.15, 0.2) is 42.6 Å². The Kier molecular flexibility index (Phi) is 5.87. The summed E-state index contributed by atoms with van der Waals surface area (Å²) in [5.41, 5.74) is 2.21. The Morgan fingerprint density at radius 3 is 2.48 bits per heavy atom. The van der Waals surface area contributed by atoms with Gasteiger partial charge in [-0.3, -0.25) is 4.79 Å². The Labute approximate surface area is 190 Å². The molecule has 0 spiro atoms. The number of ether oxygens (including phenoxy) is 1. The topological polar surface area (TPSA) is 34.5 Å². The first kappa shape index (κ1) is 21.1. The predicted octanol–water partition coefficient (Wildman–Crippen LogP) is 5.38. The minimum Gasteiger partial charge on any atom is -0.383 e. The summed E-state index contributed by atoms with van der Waals surface area (Å²) in [4.78, 5) is 16.1. The molecular weight excluding hydrogens is 408 g/mol. The SMILES string of the molecule is COCCN(Cc1cccn1Cc1cccc(Cl)c1)C(=O)C12CC3CC(CC(C3)C1)C2. The second kappa shape index (κ2) is 8.63. The maximum Gasteiger partial charge on any atom is 0.229 e. The van der Waals surface area contributed by atoms with E-state index in [2.05, 4.69) is 33.9 Å². The van der Waals surface area contributed by atoms with Gasteiger partial charge in [0.15, 0.2) is 0 Å². The van der Waals surface area contributed by atoms with Gasteiger partial charge in [-0.05, 0) is 86.1 Å². The molecule has 5 heteroatoms. The van der Waals surface area contributed by atoms with Crippen LogP contribution in [-0.2, 0) is 22.6 Å². The molecule has 1 amide bonds. The van der Waals surface area contributed by atoms with Crippen molar-refractivity contribution in [1.29, 1.82) is 0 Å². The molecule has 4 aliphatic rings. The maximum atomic E-state index is 14.0. The summed E-state index contributed by atoms with van der Waals surface area (Å²) in [7, 11) is 1.72. The largest absolute Gasteiger partial charge is 0.383 e. The number of methoxy groups -OCH3 is 1. The highest BCUT2D eigenvalue weighted by atomic mass is 35.5. The first-order chi connectivity index (χ1) is 15.0. The Bertz CT molecular complexity index is 902. The van der Waals surface area contributed by atoms with Gasteiger partial charge in [0.25, 0.3) is 0 Å². The number of hydrogen-bond donors (Lipinski definition) is 0. The molecule has 0 radical (unpaired) electrons. The number of carbonyl (C=O) groups excluding carboxylic acids is 1. The highest BCUT2D eigenvalue weighted by Gasteiger charge is 2.55. The van der Waals surface area contributed by atoms with Crippen LogP contribution in [0, 0.1) is 23.2 Å². The van der Waals surface area contributed by atoms with Crippen molar-refractivity contribution in [3.8, 4) is 0 Å². The van der Waals surface area contributed by atoms with Crippen molar-refractivity contribution in [3.05, 3.63) is 58.9 Å². The number of hydrogen-bond acceptors (Lipinski definition) is 2. The number of aromatic nitrogens is 1. The third-order valence-corrected chi connectivity index (χ3v) is 8.10. The average Bonchev–Trinajstić information content (AvgIpc) is 3.16. The number of carbonyl (C=O) groups is 1. The normalized spacial score (nSPS) is 28.8. The van der Waals surface area contributed by atoms with Crippen LogP contribution >= 0.6 is 11.6 Å². The first-order valence-electron chi connectivity index (χ1n) is 11.7. The van der Waals surface area contributed by atoms with E-state index in [1.54, 1.807) is 7.11 Å². The fourth-order valence-corrected chi connectivity index (χ4v) is 7.15. The molecule has 6 rings (SSSR count). The Balaban J connectivity index is 1.36. The molecular formula is C26H33ClN2O2. The lowest BCUT2D eigenvalue weighted by molar-refractivity contribution is -0.159. The van der Waals surface area contributed by atoms with Gasteiger partial charge >= 0.3 is 0 Å². The van der Waals surface area contributed by atoms with E-state index >= 15 is 0 Å². The van der Waals surface area contributed by atoms with E-state index in [1.165, 1.54) is 24.8 Å². The minimum atomic E-state index is -0.118. The second-order valence-corrected chi connectivity index (χ2v) is 10.6. The second-order valence-electron chi connectivity index (χ2n) is 10.2. The van der Waals surface area contributed by atoms with Crippen LogP contribution in [0.4, 0.5) is 0 Å². The van der Waals surface area contributed by atoms with E-state index < -0.39 is 0 Å². The van der Waals surface area contributed by atoms with Gasteiger partial charge in [0, 0.05) is 37.1 Å². The smallest absolute Gasteiger partial charge is 0.229 e. The van der Waals surface area contributed by atoms with Crippen molar-refractivity contribution in [1.82, 2.24) is 9.47 Å². The van der Waals surface area contributed by atoms with Crippen LogP contribution in [0.2, 0.25) is 5.02 Å². The molecule has 4 nitrogen and oxygen atoms in total. The summed E-state index contributed by atoms with van der Waals surface area (Å²) < 4.78 is 7.62. The van der Waals surface area contributed by atoms with E-state index in [0.29, 0.717) is 25.6 Å². The zero-order chi connectivity index (χ0) is 21.4. The molecule has 1 aromatic heterocycles. The third-order valence-electron chi connectivity index (χ3n) is 7.86. The standard InChI is InChI=1S/C26H33ClN2O2/c1-31-9-8-29(25(30)26-14-20-10-21(15-26)12-22(11-20)16-26)18-24-6-3-7-28(24)17-19-4-2-5-23(27)13-19/h2-7,13,20-22H,8-12,14-18H2,1H3. The molecule has 0 unspecified atom stereocenters. The molecule has 0 atom stereocenters. The molecule has 4 saturated carbocycles. The third kappa shape index (κ3) is 4.29. The number of halogens is 1. The van der Waals surface area contributed by atoms with Crippen LogP contribution in [0.5, 0.6) is 0 Å². The van der Waals surface area contributed by atoms with Crippen molar-refractivity contribution in [3.63, 3.8) is 0 Å². The van der Waals surface area contributed by atoms with Gasteiger partial charge in [0.2, 0.25) is 5.91 Å². The van der Waals surface area contributed by atoms with E-state index in [9.17, 15) is 4.79 Å². The number of nitrogens with zero attached hydrogens (tertiary/aromatic N) is 2. The van der Waals surface area contributed by atoms with Crippen LogP contribution in [-0.4, -0.2) is 35.6 Å². The molecule has 1 heterocycles. The van der Waals surface area contributed by atoms with Gasteiger partial charge < -0.3 is 14.2 Å². The molecule has 0 N–H and O–H groups in total. The lowest BCUT2D eigenvalue weighted by Crippen LogP contribution is -2.54. The molecule has 0 saturated heterocycles. The predicted molar refractivity (Wildman–Crippen MR) is 123 cm³/mol. The fourth-order valence-electron chi connectivity index (χ4n) is 6.94. The summed E-state index contributed by atoms with van der Waals surface area (Å²) >= 11 is 6.18. The first-order valence-corrected chi connectivity index (χ1v) is 12.1. The quantitative estimate of drug-likeness (QED) is 0.552. The Morgan fingerprint density at radius 1 is 1.13 bits per heavy atom. The Hall–Kier alpha value is -1.78. The molecule has 31 heavy (non-hydrogen) atoms. The van der Waals surface area contributed by atoms with E-state index in [-0.39, 0.29) is 5.41 Å². The molecule has 166 valence electrons. The highest BCUT2D eigenvalue weighted by Crippen LogP contribution is 2.60. The summed E-state index contributed by atoms with van der Waals surface area (Å²) in [6.45, 7) is 2.62. The van der Waals surface area contributed by atoms with E-state index in [1.807, 2.05) is 18.2 Å². The molecule has 4 fully saturated rings. The van der Waals surface area contributed by atoms with Crippen LogP contribution in [0.1, 0.15) is 49.8 Å². The van der Waals surface area contributed by atoms with Crippen molar-refractivity contribution < 1.29 is 9.53 Å². The van der Waals surface area contributed by atoms with Gasteiger partial charge in [0.05, 0.1) is 18.6 Å². The van der Waals surface area contributed by atoms with Gasteiger partial charge in [-0.2, -0.15) is 0 Å². The van der Waals surface area contributed by atoms with Crippen LogP contribution in [0.25, 0.3) is 0 Å². The minimum absolute atomic E-state index is 0.118. The molecule has 4 bridgehead atoms. The summed E-state index contributed by atoms with van der Waals surface area (Å²) in [6.07, 6.45) is 9.47. The van der Waals surface area contributed by atoms with Crippen molar-refractivity contribution in [2.24, 2.45) is 23.2 Å². The van der Waals surface area contributed by atoms with Crippen molar-refractivity contribution in [2.75, 3.05) is 20.3 Å². The molecule has 1 aromatic carbocycles. The van der Waals surface area contributed by atoms with Gasteiger partial charge in [-0.25, -0.2) is 0 Å². The molecule has 0 aliphatic heterocycles. The lowest BCUT2D eigenvalue weighted by Gasteiger charge is -2.56. The molecule has 4 aliphatic carbocycles. The number of amides is 1. The van der Waals surface area contributed by atoms with Gasteiger partial charge in [-0.15, -0.1) is 0 Å². The fraction of sp³-hybridized carbons (Fsp3) is 0.577. The van der Waals surface area contributed by atoms with Crippen molar-refractivity contribution in [2.45, 2.75) is 51.6 Å². The van der Waals surface area contributed by atoms with Crippen molar-refractivity contribution >= 4 is 17.5 Å². The zero-order valence-electron chi connectivity index (χ0n) is 18.4. The zero-order valence-corrected chi connectivity index (χ0v) is 19.2. The maximum absolute atomic E-state index is 14.0. The average molecular weight is 441 g/mol. The van der Waals surface area contributed by atoms with E-state index in [0.717, 1.165) is 54.3 Å². The van der Waals surface area contributed by atoms with Gasteiger partial charge in [-0.1, -0.05) is 23.7 Å². The monoisotopic (exact) mass is 440 g/mol. The van der Waals surface area contributed by atoms with Crippen LogP contribution < -0.4 is 0 Å². The Morgan fingerprint density at radius 2 is 1.84 bits per heavy atom. The number of benzene rings is 1.